The van der Waals surface area contributed by atoms with Crippen molar-refractivity contribution in [3.8, 4) is 16.2 Å². The molecule has 5 aromatic rings. The summed E-state index contributed by atoms with van der Waals surface area (Å²) >= 11 is 8.10. The van der Waals surface area contributed by atoms with Crippen LogP contribution < -0.4 is 31.3 Å². The molecular weight excluding hydrogens is 1050 g/mol. The first-order valence-electron chi connectivity index (χ1n) is 26.7. The van der Waals surface area contributed by atoms with Crippen LogP contribution in [0.4, 0.5) is 23.1 Å². The van der Waals surface area contributed by atoms with Gasteiger partial charge in [-0.15, -0.1) is 11.3 Å². The number of nitrogens with zero attached hydrogens (tertiary/aromatic N) is 5. The predicted octanol–water partition coefficient (Wildman–Crippen LogP) is 8.60. The standard InChI is InChI=1S/C57H75ClN10O8S2/c1-34(2)76-47-28-42(36(5)26-45(47)64-56-61-30-43(58)53(66-56)63-44-14-10-11-15-48(44)78(74,75)35(3)4)39-21-24-67(25-22-39)32-50(71)59-23-13-12-16-49(70)65-52(57(7,8)9)55(73)68-31-41(69)27-46(68)54(72)60-29-38-17-19-40(20-18-38)51-37(6)62-33-77-51/h10-11,14-15,17-20,26,28,30,33-35,39,41,46,52,69H,12-13,16,21-25,27,29,31-32H2,1-9H3,(H,59,71)(H,60,72)(H,65,70)(H2,61,63,64,66)/t41-,46+,52-/m1/s1. The molecule has 420 valence electrons. The first-order chi connectivity index (χ1) is 37.0. The maximum Gasteiger partial charge on any atom is 0.246 e. The number of aliphatic hydroxyl groups is 1. The molecule has 2 saturated heterocycles. The molecule has 0 radical (unpaired) electrons. The molecular formula is C57H75ClN10O8S2. The lowest BCUT2D eigenvalue weighted by Crippen LogP contribution is -2.57. The van der Waals surface area contributed by atoms with E-state index in [1.165, 1.54) is 11.1 Å². The second kappa shape index (κ2) is 26.2. The van der Waals surface area contributed by atoms with Crippen LogP contribution in [0.25, 0.3) is 10.4 Å². The Morgan fingerprint density at radius 3 is 2.29 bits per heavy atom. The average molecular weight is 1130 g/mol. The number of hydrogen-bond acceptors (Lipinski definition) is 15. The number of ether oxygens (including phenoxy) is 1. The van der Waals surface area contributed by atoms with Crippen LogP contribution in [0.5, 0.6) is 5.75 Å². The molecule has 0 saturated carbocycles. The van der Waals surface area contributed by atoms with Gasteiger partial charge in [-0.3, -0.25) is 24.1 Å². The number of hydrogen-bond donors (Lipinski definition) is 6. The Kier molecular flexibility index (Phi) is 20.0. The van der Waals surface area contributed by atoms with Gasteiger partial charge in [0.05, 0.1) is 62.6 Å². The number of benzene rings is 3. The zero-order valence-corrected chi connectivity index (χ0v) is 48.5. The molecule has 78 heavy (non-hydrogen) atoms. The molecule has 18 nitrogen and oxygen atoms in total. The number of aliphatic hydroxyl groups excluding tert-OH is 1. The number of halogens is 1. The SMILES string of the molecule is Cc1cc(Nc2ncc(Cl)c(Nc3ccccc3S(=O)(=O)C(C)C)n2)c(OC(C)C)cc1C1CCN(CC(=O)NCCCCC(=O)N[C@H](C(=O)N2C[C@H](O)C[C@H]2C(=O)NCc2ccc(-c3scnc3C)cc2)C(C)(C)C)CC1. The zero-order chi connectivity index (χ0) is 56.5. The molecule has 0 spiro atoms. The van der Waals surface area contributed by atoms with Crippen molar-refractivity contribution in [1.29, 1.82) is 0 Å². The van der Waals surface area contributed by atoms with Crippen LogP contribution in [0.15, 0.2) is 77.3 Å². The number of β-amino-alcohol motifs (C(OH)–C–C–N with tert-alkyl or cyclic N) is 1. The summed E-state index contributed by atoms with van der Waals surface area (Å²) in [6, 6.07) is 16.8. The number of para-hydroxylation sites is 1. The highest BCUT2D eigenvalue weighted by Gasteiger charge is 2.44. The Morgan fingerprint density at radius 1 is 0.910 bits per heavy atom. The maximum absolute atomic E-state index is 14.1. The Morgan fingerprint density at radius 2 is 1.63 bits per heavy atom. The van der Waals surface area contributed by atoms with Gasteiger partial charge in [-0.1, -0.05) is 68.8 Å². The minimum Gasteiger partial charge on any atom is -0.489 e. The lowest BCUT2D eigenvalue weighted by Gasteiger charge is -2.35. The van der Waals surface area contributed by atoms with Gasteiger partial charge in [-0.2, -0.15) is 4.98 Å². The molecule has 0 unspecified atom stereocenters. The lowest BCUT2D eigenvalue weighted by atomic mass is 9.85. The Hall–Kier alpha value is -6.19. The molecule has 0 aliphatic carbocycles. The predicted molar refractivity (Wildman–Crippen MR) is 306 cm³/mol. The number of anilines is 4. The number of aryl methyl sites for hydroxylation is 2. The van der Waals surface area contributed by atoms with Gasteiger partial charge in [0.1, 0.15) is 22.9 Å². The quantitative estimate of drug-likeness (QED) is 0.0356. The zero-order valence-electron chi connectivity index (χ0n) is 46.1. The van der Waals surface area contributed by atoms with Crippen molar-refractivity contribution in [2.24, 2.45) is 5.41 Å². The van der Waals surface area contributed by atoms with Crippen molar-refractivity contribution in [2.45, 2.75) is 148 Å². The third-order valence-corrected chi connectivity index (χ3v) is 17.5. The van der Waals surface area contributed by atoms with Crippen LogP contribution in [0, 0.1) is 19.3 Å². The van der Waals surface area contributed by atoms with E-state index in [0.29, 0.717) is 36.5 Å². The van der Waals surface area contributed by atoms with E-state index in [0.717, 1.165) is 58.8 Å². The number of piperidine rings is 1. The number of sulfone groups is 1. The summed E-state index contributed by atoms with van der Waals surface area (Å²) in [5, 5.41) is 25.5. The number of likely N-dealkylation sites (tertiary alicyclic amines) is 2. The number of amides is 4. The van der Waals surface area contributed by atoms with E-state index < -0.39 is 44.6 Å². The van der Waals surface area contributed by atoms with Crippen molar-refractivity contribution in [1.82, 2.24) is 40.7 Å². The van der Waals surface area contributed by atoms with Crippen LogP contribution >= 0.6 is 22.9 Å². The van der Waals surface area contributed by atoms with E-state index >= 15 is 0 Å². The largest absolute Gasteiger partial charge is 0.489 e. The van der Waals surface area contributed by atoms with Gasteiger partial charge in [-0.25, -0.2) is 18.4 Å². The fraction of sp³-hybridized carbons (Fsp3) is 0.491. The Labute approximate surface area is 467 Å². The number of aromatic nitrogens is 3. The van der Waals surface area contributed by atoms with Crippen molar-refractivity contribution in [3.63, 3.8) is 0 Å². The normalized spacial score (nSPS) is 16.8. The van der Waals surface area contributed by atoms with Gasteiger partial charge < -0.3 is 41.3 Å². The summed E-state index contributed by atoms with van der Waals surface area (Å²) < 4.78 is 32.6. The molecule has 21 heteroatoms. The third-order valence-electron chi connectivity index (χ3n) is 14.0. The molecule has 0 bridgehead atoms. The van der Waals surface area contributed by atoms with Gasteiger partial charge in [0, 0.05) is 32.5 Å². The van der Waals surface area contributed by atoms with E-state index in [1.54, 1.807) is 49.4 Å². The number of nitrogens with one attached hydrogen (secondary N) is 5. The van der Waals surface area contributed by atoms with E-state index in [4.69, 9.17) is 16.3 Å². The first-order valence-corrected chi connectivity index (χ1v) is 29.5. The molecule has 6 N–H and O–H groups in total. The topological polar surface area (TPSA) is 237 Å². The monoisotopic (exact) mass is 1130 g/mol. The molecule has 2 aliphatic heterocycles. The number of unbranched alkanes of at least 4 members (excludes halogenated alkanes) is 1. The molecule has 4 heterocycles. The number of thiazole rings is 1. The second-order valence-electron chi connectivity index (χ2n) is 21.9. The number of carbonyl (C=O) groups is 4. The average Bonchev–Trinajstić information content (AvgIpc) is 4.04. The Balaban J connectivity index is 0.853. The summed E-state index contributed by atoms with van der Waals surface area (Å²) in [7, 11) is -3.60. The Bertz CT molecular complexity index is 3030. The number of carbonyl (C=O) groups excluding carboxylic acids is 4. The summed E-state index contributed by atoms with van der Waals surface area (Å²) in [5.41, 5.74) is 7.24. The summed E-state index contributed by atoms with van der Waals surface area (Å²) in [5.74, 6) is 0.151. The van der Waals surface area contributed by atoms with Crippen molar-refractivity contribution in [2.75, 3.05) is 43.4 Å². The van der Waals surface area contributed by atoms with Gasteiger partial charge in [0.25, 0.3) is 0 Å². The molecule has 2 fully saturated rings. The molecule has 3 atom stereocenters. The minimum absolute atomic E-state index is 0.0132. The van der Waals surface area contributed by atoms with Gasteiger partial charge in [0.2, 0.25) is 29.6 Å². The van der Waals surface area contributed by atoms with Crippen LogP contribution in [-0.4, -0.2) is 124 Å². The fourth-order valence-electron chi connectivity index (χ4n) is 9.74. The number of rotatable bonds is 22. The van der Waals surface area contributed by atoms with E-state index in [2.05, 4.69) is 59.4 Å². The molecule has 4 amide bonds. The van der Waals surface area contributed by atoms with Gasteiger partial charge in [0.15, 0.2) is 15.7 Å². The van der Waals surface area contributed by atoms with Crippen LogP contribution in [0.1, 0.15) is 115 Å². The third kappa shape index (κ3) is 15.3. The van der Waals surface area contributed by atoms with E-state index in [1.807, 2.05) is 77.4 Å². The highest BCUT2D eigenvalue weighted by Crippen LogP contribution is 2.39. The second-order valence-corrected chi connectivity index (χ2v) is 25.6. The molecule has 2 aliphatic rings. The van der Waals surface area contributed by atoms with Crippen molar-refractivity contribution >= 4 is 79.5 Å². The highest BCUT2D eigenvalue weighted by molar-refractivity contribution is 7.92. The first kappa shape index (κ1) is 59.5. The summed E-state index contributed by atoms with van der Waals surface area (Å²) in [6.45, 7) is 19.1. The lowest BCUT2D eigenvalue weighted by molar-refractivity contribution is -0.144. The minimum atomic E-state index is -3.60. The van der Waals surface area contributed by atoms with Crippen LogP contribution in [-0.2, 0) is 35.6 Å². The maximum atomic E-state index is 14.1. The van der Waals surface area contributed by atoms with E-state index in [-0.39, 0.29) is 83.9 Å². The van der Waals surface area contributed by atoms with Crippen molar-refractivity contribution in [3.05, 3.63) is 99.8 Å². The van der Waals surface area contributed by atoms with Gasteiger partial charge >= 0.3 is 0 Å². The summed E-state index contributed by atoms with van der Waals surface area (Å²) in [4.78, 5) is 72.2. The van der Waals surface area contributed by atoms with Crippen molar-refractivity contribution < 1.29 is 37.4 Å². The fourth-order valence-corrected chi connectivity index (χ4v) is 11.9. The molecule has 3 aromatic carbocycles. The highest BCUT2D eigenvalue weighted by atomic mass is 35.5. The molecule has 2 aromatic heterocycles. The van der Waals surface area contributed by atoms with Gasteiger partial charge in [-0.05, 0) is 138 Å². The smallest absolute Gasteiger partial charge is 0.246 e. The van der Waals surface area contributed by atoms with E-state index in [9.17, 15) is 32.7 Å². The van der Waals surface area contributed by atoms with Crippen LogP contribution in [0.3, 0.4) is 0 Å². The molecule has 7 rings (SSSR count). The van der Waals surface area contributed by atoms with Crippen LogP contribution in [0.2, 0.25) is 5.02 Å². The summed E-state index contributed by atoms with van der Waals surface area (Å²) in [6.07, 6.45) is 3.42.